The third kappa shape index (κ3) is 3.00. The van der Waals surface area contributed by atoms with Crippen molar-refractivity contribution in [2.24, 2.45) is 0 Å². The Morgan fingerprint density at radius 3 is 2.85 bits per heavy atom. The predicted molar refractivity (Wildman–Crippen MR) is 54.2 cm³/mol. The van der Waals surface area contributed by atoms with Gasteiger partial charge < -0.3 is 0 Å². The van der Waals surface area contributed by atoms with Crippen LogP contribution < -0.4 is 4.72 Å². The molecule has 1 heterocycles. The molecule has 1 aromatic rings. The average molecular weight is 268 g/mol. The molecular formula is C6H10BrN3O2S. The topological polar surface area (TPSA) is 64.0 Å². The fourth-order valence-electron chi connectivity index (χ4n) is 0.779. The predicted octanol–water partition coefficient (Wildman–Crippen LogP) is 0.997. The summed E-state index contributed by atoms with van der Waals surface area (Å²) in [6, 6.07) is 1.61. The Morgan fingerprint density at radius 2 is 2.38 bits per heavy atom. The second kappa shape index (κ2) is 4.10. The zero-order valence-electron chi connectivity index (χ0n) is 7.07. The summed E-state index contributed by atoms with van der Waals surface area (Å²) in [5.41, 5.74) is 0. The van der Waals surface area contributed by atoms with Crippen LogP contribution in [-0.2, 0) is 16.6 Å². The largest absolute Gasteiger partial charge is 0.271 e. The van der Waals surface area contributed by atoms with Gasteiger partial charge in [-0.15, -0.1) is 0 Å². The lowest BCUT2D eigenvalue weighted by Gasteiger charge is -2.00. The zero-order chi connectivity index (χ0) is 9.90. The van der Waals surface area contributed by atoms with E-state index in [1.807, 2.05) is 6.92 Å². The van der Waals surface area contributed by atoms with Crippen molar-refractivity contribution in [1.29, 1.82) is 0 Å². The molecule has 5 nitrogen and oxygen atoms in total. The number of hydrogen-bond donors (Lipinski definition) is 1. The minimum absolute atomic E-state index is 0.126. The first kappa shape index (κ1) is 10.5. The molecule has 0 bridgehead atoms. The monoisotopic (exact) mass is 267 g/mol. The maximum Gasteiger partial charge on any atom is 0.243 e. The van der Waals surface area contributed by atoms with Crippen LogP contribution in [0, 0.1) is 0 Å². The van der Waals surface area contributed by atoms with E-state index in [-0.39, 0.29) is 4.66 Å². The summed E-state index contributed by atoms with van der Waals surface area (Å²) >= 11 is 2.87. The molecule has 0 unspecified atom stereocenters. The normalized spacial score (nSPS) is 11.5. The number of alkyl halides is 1. The van der Waals surface area contributed by atoms with Crippen LogP contribution in [0.15, 0.2) is 12.3 Å². The quantitative estimate of drug-likeness (QED) is 0.828. The summed E-state index contributed by atoms with van der Waals surface area (Å²) in [4.78, 5) is 0. The lowest BCUT2D eigenvalue weighted by atomic mass is 10.7. The van der Waals surface area contributed by atoms with E-state index in [1.165, 1.54) is 0 Å². The summed E-state index contributed by atoms with van der Waals surface area (Å²) in [6.07, 6.45) is 1.71. The van der Waals surface area contributed by atoms with Crippen LogP contribution in [0.4, 0.5) is 5.82 Å². The van der Waals surface area contributed by atoms with E-state index in [2.05, 4.69) is 25.8 Å². The van der Waals surface area contributed by atoms with E-state index in [9.17, 15) is 8.42 Å². The van der Waals surface area contributed by atoms with Gasteiger partial charge in [-0.05, 0) is 6.92 Å². The maximum absolute atomic E-state index is 11.1. The fraction of sp³-hybridized carbons (Fsp3) is 0.500. The highest BCUT2D eigenvalue weighted by molar-refractivity contribution is 9.10. The number of nitrogens with one attached hydrogen (secondary N) is 1. The van der Waals surface area contributed by atoms with Crippen molar-refractivity contribution < 1.29 is 8.42 Å². The number of rotatable bonds is 4. The van der Waals surface area contributed by atoms with Gasteiger partial charge in [0, 0.05) is 18.8 Å². The molecule has 0 amide bonds. The van der Waals surface area contributed by atoms with Gasteiger partial charge in [-0.25, -0.2) is 8.42 Å². The Kier molecular flexibility index (Phi) is 3.32. The minimum atomic E-state index is -3.28. The van der Waals surface area contributed by atoms with E-state index in [0.29, 0.717) is 5.82 Å². The number of nitrogens with zero attached hydrogens (tertiary/aromatic N) is 2. The number of aromatic nitrogens is 2. The van der Waals surface area contributed by atoms with Crippen LogP contribution >= 0.6 is 15.9 Å². The van der Waals surface area contributed by atoms with Crippen molar-refractivity contribution in [3.8, 4) is 0 Å². The van der Waals surface area contributed by atoms with E-state index in [4.69, 9.17) is 0 Å². The molecular weight excluding hydrogens is 258 g/mol. The van der Waals surface area contributed by atoms with Crippen molar-refractivity contribution in [2.45, 2.75) is 13.5 Å². The lowest BCUT2D eigenvalue weighted by Crippen LogP contribution is -2.13. The first-order valence-corrected chi connectivity index (χ1v) is 6.44. The Labute approximate surface area is 85.3 Å². The van der Waals surface area contributed by atoms with Gasteiger partial charge in [0.1, 0.15) is 4.66 Å². The van der Waals surface area contributed by atoms with Crippen LogP contribution in [0.5, 0.6) is 0 Å². The Morgan fingerprint density at radius 1 is 1.69 bits per heavy atom. The highest BCUT2D eigenvalue weighted by atomic mass is 79.9. The molecule has 1 rings (SSSR count). The summed E-state index contributed by atoms with van der Waals surface area (Å²) in [5.74, 6) is 0.348. The van der Waals surface area contributed by atoms with Gasteiger partial charge in [-0.3, -0.25) is 9.40 Å². The smallest absolute Gasteiger partial charge is 0.243 e. The van der Waals surface area contributed by atoms with Crippen molar-refractivity contribution in [1.82, 2.24) is 9.78 Å². The maximum atomic E-state index is 11.1. The summed E-state index contributed by atoms with van der Waals surface area (Å²) in [7, 11) is -3.28. The van der Waals surface area contributed by atoms with Crippen molar-refractivity contribution in [2.75, 3.05) is 9.38 Å². The molecule has 0 aliphatic rings. The van der Waals surface area contributed by atoms with Crippen LogP contribution in [0.1, 0.15) is 6.92 Å². The first-order valence-electron chi connectivity index (χ1n) is 3.67. The number of anilines is 1. The van der Waals surface area contributed by atoms with Crippen molar-refractivity contribution in [3.05, 3.63) is 12.3 Å². The molecule has 0 saturated carbocycles. The first-order chi connectivity index (χ1) is 6.07. The molecule has 7 heteroatoms. The second-order valence-electron chi connectivity index (χ2n) is 2.38. The van der Waals surface area contributed by atoms with Gasteiger partial charge in [0.15, 0.2) is 5.82 Å². The molecule has 1 aromatic heterocycles. The second-order valence-corrected chi connectivity index (χ2v) is 5.41. The van der Waals surface area contributed by atoms with Crippen LogP contribution in [0.2, 0.25) is 0 Å². The lowest BCUT2D eigenvalue weighted by molar-refractivity contribution is 0.605. The molecule has 0 aliphatic carbocycles. The van der Waals surface area contributed by atoms with Crippen molar-refractivity contribution in [3.63, 3.8) is 0 Å². The van der Waals surface area contributed by atoms with E-state index >= 15 is 0 Å². The van der Waals surface area contributed by atoms with E-state index in [1.54, 1.807) is 16.9 Å². The van der Waals surface area contributed by atoms with Crippen LogP contribution in [0.25, 0.3) is 0 Å². The van der Waals surface area contributed by atoms with Gasteiger partial charge in [-0.2, -0.15) is 5.10 Å². The summed E-state index contributed by atoms with van der Waals surface area (Å²) in [6.45, 7) is 2.64. The number of aryl methyl sites for hydroxylation is 1. The van der Waals surface area contributed by atoms with Crippen molar-refractivity contribution >= 4 is 31.8 Å². The molecule has 0 aliphatic heterocycles. The van der Waals surface area contributed by atoms with Crippen LogP contribution in [0.3, 0.4) is 0 Å². The Balaban J connectivity index is 2.75. The third-order valence-electron chi connectivity index (χ3n) is 1.37. The molecule has 0 fully saturated rings. The number of sulfonamides is 1. The Bertz CT molecular complexity index is 373. The zero-order valence-corrected chi connectivity index (χ0v) is 9.47. The number of hydrogen-bond acceptors (Lipinski definition) is 3. The molecule has 0 atom stereocenters. The Hall–Kier alpha value is -0.560. The molecule has 0 saturated heterocycles. The molecule has 0 radical (unpaired) electrons. The average Bonchev–Trinajstić information content (AvgIpc) is 2.52. The highest BCUT2D eigenvalue weighted by Gasteiger charge is 2.08. The van der Waals surface area contributed by atoms with Gasteiger partial charge >= 0.3 is 0 Å². The van der Waals surface area contributed by atoms with E-state index < -0.39 is 10.0 Å². The van der Waals surface area contributed by atoms with Gasteiger partial charge in [0.05, 0.1) is 0 Å². The van der Waals surface area contributed by atoms with Gasteiger partial charge in [0.25, 0.3) is 0 Å². The van der Waals surface area contributed by atoms with Crippen LogP contribution in [-0.4, -0.2) is 22.9 Å². The molecule has 0 spiro atoms. The SMILES string of the molecule is CCn1ccc(NS(=O)(=O)CBr)n1. The molecule has 74 valence electrons. The summed E-state index contributed by atoms with van der Waals surface area (Å²) in [5, 5.41) is 3.97. The molecule has 0 aromatic carbocycles. The minimum Gasteiger partial charge on any atom is -0.271 e. The molecule has 1 N–H and O–H groups in total. The summed E-state index contributed by atoms with van der Waals surface area (Å²) < 4.78 is 26.0. The standard InChI is InChI=1S/C6H10BrN3O2S/c1-2-10-4-3-6(8-10)9-13(11,12)5-7/h3-4H,2,5H2,1H3,(H,8,9). The highest BCUT2D eigenvalue weighted by Crippen LogP contribution is 2.06. The third-order valence-corrected chi connectivity index (χ3v) is 3.98. The van der Waals surface area contributed by atoms with Gasteiger partial charge in [-0.1, -0.05) is 15.9 Å². The van der Waals surface area contributed by atoms with E-state index in [0.717, 1.165) is 6.54 Å². The molecule has 13 heavy (non-hydrogen) atoms. The van der Waals surface area contributed by atoms with Gasteiger partial charge in [0.2, 0.25) is 10.0 Å². The fourth-order valence-corrected chi connectivity index (χ4v) is 1.60. The number of halogens is 1.